The van der Waals surface area contributed by atoms with Gasteiger partial charge in [-0.05, 0) is 61.2 Å². The maximum Gasteiger partial charge on any atom is 0.237 e. The molecule has 2 N–H and O–H groups in total. The molecule has 2 aliphatic carbocycles. The monoisotopic (exact) mass is 376 g/mol. The molecule has 2 atom stereocenters. The summed E-state index contributed by atoms with van der Waals surface area (Å²) in [5, 5.41) is 19.6. The van der Waals surface area contributed by atoms with Gasteiger partial charge in [0, 0.05) is 24.5 Å². The first-order valence-corrected chi connectivity index (χ1v) is 9.49. The van der Waals surface area contributed by atoms with Crippen molar-refractivity contribution < 1.29 is 15.0 Å². The number of rotatable bonds is 4. The van der Waals surface area contributed by atoms with E-state index in [4.69, 9.17) is 0 Å². The number of aryl methyl sites for hydroxylation is 1. The maximum absolute atomic E-state index is 13.3. The molecule has 0 radical (unpaired) electrons. The number of pyridine rings is 1. The van der Waals surface area contributed by atoms with Crippen molar-refractivity contribution >= 4 is 11.6 Å². The zero-order valence-electron chi connectivity index (χ0n) is 16.0. The van der Waals surface area contributed by atoms with Crippen LogP contribution in [-0.2, 0) is 4.79 Å². The Hall–Kier alpha value is -2.76. The van der Waals surface area contributed by atoms with E-state index in [2.05, 4.69) is 4.98 Å². The van der Waals surface area contributed by atoms with E-state index in [9.17, 15) is 15.0 Å². The normalized spacial score (nSPS) is 22.5. The lowest BCUT2D eigenvalue weighted by molar-refractivity contribution is -0.122. The Morgan fingerprint density at radius 2 is 1.96 bits per heavy atom. The highest BCUT2D eigenvalue weighted by atomic mass is 16.3. The van der Waals surface area contributed by atoms with Crippen LogP contribution in [0.4, 0.5) is 5.69 Å². The third-order valence-corrected chi connectivity index (χ3v) is 5.74. The van der Waals surface area contributed by atoms with E-state index in [1.807, 2.05) is 43.3 Å². The second kappa shape index (κ2) is 7.00. The molecule has 1 aromatic carbocycles. The molecule has 2 aromatic rings. The largest absolute Gasteiger partial charge is 0.386 e. The summed E-state index contributed by atoms with van der Waals surface area (Å²) in [4.78, 5) is 19.5. The SMILES string of the molecule is Cc1ccc(N(C)C(=O)C2(C3=CC(O)C(O)C=C3)CC2)cc1-c1ccccn1. The van der Waals surface area contributed by atoms with Gasteiger partial charge < -0.3 is 15.1 Å². The fourth-order valence-corrected chi connectivity index (χ4v) is 3.78. The number of hydrogen-bond donors (Lipinski definition) is 2. The zero-order valence-corrected chi connectivity index (χ0v) is 16.0. The number of benzene rings is 1. The summed E-state index contributed by atoms with van der Waals surface area (Å²) in [7, 11) is 1.79. The minimum absolute atomic E-state index is 0.00261. The van der Waals surface area contributed by atoms with Gasteiger partial charge in [0.2, 0.25) is 5.91 Å². The molecule has 28 heavy (non-hydrogen) atoms. The summed E-state index contributed by atoms with van der Waals surface area (Å²) in [6, 6.07) is 11.7. The lowest BCUT2D eigenvalue weighted by Crippen LogP contribution is -2.36. The fraction of sp³-hybridized carbons (Fsp3) is 0.304. The molecule has 4 rings (SSSR count). The van der Waals surface area contributed by atoms with Gasteiger partial charge in [0.05, 0.1) is 11.1 Å². The van der Waals surface area contributed by atoms with Gasteiger partial charge in [-0.15, -0.1) is 0 Å². The standard InChI is InChI=1S/C23H24N2O3/c1-15-6-8-17(14-18(15)19-5-3-4-12-24-19)25(2)22(28)23(10-11-23)16-7-9-20(26)21(27)13-16/h3-9,12-14,20-21,26-27H,10-11H2,1-2H3. The van der Waals surface area contributed by atoms with Gasteiger partial charge in [-0.3, -0.25) is 9.78 Å². The van der Waals surface area contributed by atoms with E-state index >= 15 is 0 Å². The molecule has 1 amide bonds. The van der Waals surface area contributed by atoms with Crippen LogP contribution in [0.15, 0.2) is 66.4 Å². The summed E-state index contributed by atoms with van der Waals surface area (Å²) in [5.74, 6) is 0.00261. The number of amides is 1. The first-order valence-electron chi connectivity index (χ1n) is 9.49. The van der Waals surface area contributed by atoms with Crippen LogP contribution >= 0.6 is 0 Å². The Bertz CT molecular complexity index is 961. The van der Waals surface area contributed by atoms with Crippen LogP contribution in [0.3, 0.4) is 0 Å². The van der Waals surface area contributed by atoms with Crippen molar-refractivity contribution in [1.29, 1.82) is 0 Å². The average molecular weight is 376 g/mol. The van der Waals surface area contributed by atoms with Gasteiger partial charge in [0.1, 0.15) is 12.2 Å². The molecule has 1 heterocycles. The summed E-state index contributed by atoms with van der Waals surface area (Å²) in [5.41, 5.74) is 3.96. The van der Waals surface area contributed by atoms with Gasteiger partial charge >= 0.3 is 0 Å². The number of allylic oxidation sites excluding steroid dienone is 1. The van der Waals surface area contributed by atoms with Crippen molar-refractivity contribution in [3.05, 3.63) is 72.0 Å². The molecule has 5 heteroatoms. The van der Waals surface area contributed by atoms with Gasteiger partial charge in [-0.2, -0.15) is 0 Å². The summed E-state index contributed by atoms with van der Waals surface area (Å²) in [6.45, 7) is 2.03. The highest BCUT2D eigenvalue weighted by Crippen LogP contribution is 2.54. The Balaban J connectivity index is 1.63. The third-order valence-electron chi connectivity index (χ3n) is 5.74. The summed E-state index contributed by atoms with van der Waals surface area (Å²) in [6.07, 6.45) is 6.30. The number of hydrogen-bond acceptors (Lipinski definition) is 4. The minimum Gasteiger partial charge on any atom is -0.386 e. The van der Waals surface area contributed by atoms with Gasteiger partial charge in [0.25, 0.3) is 0 Å². The first kappa shape index (κ1) is 18.6. The fourth-order valence-electron chi connectivity index (χ4n) is 3.78. The Morgan fingerprint density at radius 1 is 1.18 bits per heavy atom. The van der Waals surface area contributed by atoms with E-state index in [1.54, 1.807) is 36.4 Å². The lowest BCUT2D eigenvalue weighted by atomic mass is 9.88. The first-order chi connectivity index (χ1) is 13.4. The Labute approximate surface area is 164 Å². The third kappa shape index (κ3) is 3.17. The van der Waals surface area contributed by atoms with E-state index in [1.165, 1.54) is 0 Å². The van der Waals surface area contributed by atoms with Crippen molar-refractivity contribution in [2.24, 2.45) is 5.41 Å². The van der Waals surface area contributed by atoms with Crippen LogP contribution < -0.4 is 4.90 Å². The molecule has 0 spiro atoms. The smallest absolute Gasteiger partial charge is 0.237 e. The summed E-state index contributed by atoms with van der Waals surface area (Å²) >= 11 is 0. The molecule has 1 fully saturated rings. The van der Waals surface area contributed by atoms with Crippen molar-refractivity contribution in [2.75, 3.05) is 11.9 Å². The van der Waals surface area contributed by atoms with Crippen molar-refractivity contribution in [3.8, 4) is 11.3 Å². The predicted octanol–water partition coefficient (Wildman–Crippen LogP) is 3.02. The Kier molecular flexibility index (Phi) is 4.65. The molecule has 2 unspecified atom stereocenters. The van der Waals surface area contributed by atoms with E-state index < -0.39 is 17.6 Å². The van der Waals surface area contributed by atoms with Crippen LogP contribution in [0.1, 0.15) is 18.4 Å². The van der Waals surface area contributed by atoms with Gasteiger partial charge in [0.15, 0.2) is 0 Å². The topological polar surface area (TPSA) is 73.7 Å². The molecule has 144 valence electrons. The lowest BCUT2D eigenvalue weighted by Gasteiger charge is -2.27. The van der Waals surface area contributed by atoms with Gasteiger partial charge in [-0.25, -0.2) is 0 Å². The highest BCUT2D eigenvalue weighted by molar-refractivity contribution is 6.02. The number of aliphatic hydroxyl groups excluding tert-OH is 2. The molecule has 5 nitrogen and oxygen atoms in total. The van der Waals surface area contributed by atoms with Crippen LogP contribution in [-0.4, -0.2) is 40.4 Å². The van der Waals surface area contributed by atoms with E-state index in [0.29, 0.717) is 0 Å². The van der Waals surface area contributed by atoms with E-state index in [0.717, 1.165) is 40.9 Å². The van der Waals surface area contributed by atoms with Crippen molar-refractivity contribution in [1.82, 2.24) is 4.98 Å². The Morgan fingerprint density at radius 3 is 2.61 bits per heavy atom. The molecule has 0 saturated heterocycles. The average Bonchev–Trinajstić information content (AvgIpc) is 3.52. The van der Waals surface area contributed by atoms with E-state index in [-0.39, 0.29) is 5.91 Å². The van der Waals surface area contributed by atoms with Crippen molar-refractivity contribution in [3.63, 3.8) is 0 Å². The predicted molar refractivity (Wildman–Crippen MR) is 109 cm³/mol. The van der Waals surface area contributed by atoms with Crippen LogP contribution in [0.2, 0.25) is 0 Å². The molecule has 2 aliphatic rings. The molecule has 1 aromatic heterocycles. The second-order valence-corrected chi connectivity index (χ2v) is 7.62. The number of aromatic nitrogens is 1. The quantitative estimate of drug-likeness (QED) is 0.860. The molecule has 0 bridgehead atoms. The number of anilines is 1. The number of aliphatic hydroxyl groups is 2. The second-order valence-electron chi connectivity index (χ2n) is 7.62. The van der Waals surface area contributed by atoms with Crippen LogP contribution in [0.5, 0.6) is 0 Å². The molecular formula is C23H24N2O3. The van der Waals surface area contributed by atoms with Crippen LogP contribution in [0, 0.1) is 12.3 Å². The summed E-state index contributed by atoms with van der Waals surface area (Å²) < 4.78 is 0. The highest BCUT2D eigenvalue weighted by Gasteiger charge is 2.54. The van der Waals surface area contributed by atoms with Crippen LogP contribution in [0.25, 0.3) is 11.3 Å². The molecule has 0 aliphatic heterocycles. The minimum atomic E-state index is -0.967. The van der Waals surface area contributed by atoms with Crippen molar-refractivity contribution in [2.45, 2.75) is 32.0 Å². The number of carbonyl (C=O) groups is 1. The molecular weight excluding hydrogens is 352 g/mol. The van der Waals surface area contributed by atoms with Gasteiger partial charge in [-0.1, -0.05) is 24.3 Å². The maximum atomic E-state index is 13.3. The zero-order chi connectivity index (χ0) is 19.9. The number of carbonyl (C=O) groups excluding carboxylic acids is 1. The molecule has 1 saturated carbocycles. The number of nitrogens with zero attached hydrogens (tertiary/aromatic N) is 2.